The van der Waals surface area contributed by atoms with Crippen molar-refractivity contribution in [3.05, 3.63) is 11.6 Å². The minimum absolute atomic E-state index is 0.379. The van der Waals surface area contributed by atoms with Crippen LogP contribution in [0, 0.1) is 0 Å². The highest BCUT2D eigenvalue weighted by atomic mass is 32.2. The second-order valence-corrected chi connectivity index (χ2v) is 7.86. The molecule has 0 radical (unpaired) electrons. The lowest BCUT2D eigenvalue weighted by Crippen LogP contribution is -2.01. The van der Waals surface area contributed by atoms with Gasteiger partial charge >= 0.3 is 0 Å². The molecule has 2 aliphatic rings. The Labute approximate surface area is 126 Å². The molecule has 0 saturated heterocycles. The van der Waals surface area contributed by atoms with Gasteiger partial charge in [0.1, 0.15) is 11.6 Å². The van der Waals surface area contributed by atoms with E-state index in [9.17, 15) is 0 Å². The zero-order valence-electron chi connectivity index (χ0n) is 11.6. The molecule has 4 rings (SSSR count). The maximum absolute atomic E-state index is 4.58. The zero-order valence-corrected chi connectivity index (χ0v) is 13.2. The van der Waals surface area contributed by atoms with E-state index >= 15 is 0 Å². The van der Waals surface area contributed by atoms with Crippen molar-refractivity contribution in [2.45, 2.75) is 66.9 Å². The summed E-state index contributed by atoms with van der Waals surface area (Å²) >= 11 is 3.09. The molecule has 0 spiro atoms. The zero-order chi connectivity index (χ0) is 13.7. The lowest BCUT2D eigenvalue weighted by atomic mass is 10.2. The van der Waals surface area contributed by atoms with Gasteiger partial charge in [0.15, 0.2) is 9.50 Å². The summed E-state index contributed by atoms with van der Waals surface area (Å²) in [5, 5.41) is 9.83. The number of aromatic nitrogens is 5. The standard InChI is InChI=1S/C13H17N5S2/c1-7(2)10-14-13(20-17-10)19-12-16-15-11(8-3-4-8)18(12)9-5-6-9/h7-9H,3-6H2,1-2H3. The van der Waals surface area contributed by atoms with Crippen molar-refractivity contribution in [2.75, 3.05) is 0 Å². The normalized spacial score (nSPS) is 18.9. The molecule has 5 nitrogen and oxygen atoms in total. The van der Waals surface area contributed by atoms with Crippen molar-refractivity contribution in [3.8, 4) is 0 Å². The molecule has 2 aromatic rings. The molecule has 0 atom stereocenters. The highest BCUT2D eigenvalue weighted by Crippen LogP contribution is 2.46. The average Bonchev–Trinajstić information content (AvgIpc) is 3.35. The molecule has 2 heterocycles. The Balaban J connectivity index is 1.61. The van der Waals surface area contributed by atoms with Crippen LogP contribution in [0.3, 0.4) is 0 Å². The molecule has 2 aliphatic carbocycles. The fraction of sp³-hybridized carbons (Fsp3) is 0.692. The van der Waals surface area contributed by atoms with Crippen LogP contribution in [0.2, 0.25) is 0 Å². The number of nitrogens with zero attached hydrogens (tertiary/aromatic N) is 5. The minimum atomic E-state index is 0.379. The van der Waals surface area contributed by atoms with Gasteiger partial charge in [0, 0.05) is 17.9 Å². The Morgan fingerprint density at radius 1 is 1.20 bits per heavy atom. The van der Waals surface area contributed by atoms with Crippen molar-refractivity contribution in [1.82, 2.24) is 24.1 Å². The summed E-state index contributed by atoms with van der Waals surface area (Å²) in [4.78, 5) is 4.58. The summed E-state index contributed by atoms with van der Waals surface area (Å²) in [7, 11) is 0. The third-order valence-electron chi connectivity index (χ3n) is 3.66. The quantitative estimate of drug-likeness (QED) is 0.844. The summed E-state index contributed by atoms with van der Waals surface area (Å²) in [6, 6.07) is 0.626. The van der Waals surface area contributed by atoms with Crippen LogP contribution in [-0.4, -0.2) is 24.1 Å². The number of hydrogen-bond donors (Lipinski definition) is 0. The number of rotatable bonds is 5. The molecule has 0 aromatic carbocycles. The van der Waals surface area contributed by atoms with Gasteiger partial charge in [0.05, 0.1) is 0 Å². The fourth-order valence-electron chi connectivity index (χ4n) is 2.23. The first-order chi connectivity index (χ1) is 9.72. The van der Waals surface area contributed by atoms with E-state index in [0.29, 0.717) is 17.9 Å². The molecule has 2 fully saturated rings. The summed E-state index contributed by atoms with van der Waals surface area (Å²) < 4.78 is 7.75. The van der Waals surface area contributed by atoms with Crippen LogP contribution < -0.4 is 0 Å². The Bertz CT molecular complexity index is 624. The molecule has 2 saturated carbocycles. The van der Waals surface area contributed by atoms with Crippen LogP contribution in [0.25, 0.3) is 0 Å². The smallest absolute Gasteiger partial charge is 0.198 e. The minimum Gasteiger partial charge on any atom is -0.302 e. The first kappa shape index (κ1) is 12.8. The van der Waals surface area contributed by atoms with Crippen LogP contribution >= 0.6 is 23.3 Å². The second-order valence-electron chi connectivity index (χ2n) is 5.89. The van der Waals surface area contributed by atoms with Crippen LogP contribution in [0.15, 0.2) is 9.50 Å². The van der Waals surface area contributed by atoms with E-state index in [1.54, 1.807) is 11.8 Å². The Kier molecular flexibility index (Phi) is 3.07. The molecular formula is C13H17N5S2. The van der Waals surface area contributed by atoms with Crippen molar-refractivity contribution in [1.29, 1.82) is 0 Å². The maximum atomic E-state index is 4.58. The van der Waals surface area contributed by atoms with E-state index in [0.717, 1.165) is 15.3 Å². The summed E-state index contributed by atoms with van der Waals surface area (Å²) in [5.41, 5.74) is 0. The molecule has 0 N–H and O–H groups in total. The predicted octanol–water partition coefficient (Wildman–Crippen LogP) is 3.62. The van der Waals surface area contributed by atoms with Crippen molar-refractivity contribution in [3.63, 3.8) is 0 Å². The predicted molar refractivity (Wildman–Crippen MR) is 78.4 cm³/mol. The molecule has 0 unspecified atom stereocenters. The highest BCUT2D eigenvalue weighted by molar-refractivity contribution is 8.00. The summed E-state index contributed by atoms with van der Waals surface area (Å²) in [6.07, 6.45) is 5.06. The fourth-order valence-corrected chi connectivity index (χ4v) is 3.99. The monoisotopic (exact) mass is 307 g/mol. The van der Waals surface area contributed by atoms with Crippen LogP contribution in [0.4, 0.5) is 0 Å². The third-order valence-corrected chi connectivity index (χ3v) is 5.39. The van der Waals surface area contributed by atoms with Gasteiger partial charge in [0.25, 0.3) is 0 Å². The second kappa shape index (κ2) is 4.80. The van der Waals surface area contributed by atoms with E-state index in [1.165, 1.54) is 43.0 Å². The molecule has 0 bridgehead atoms. The van der Waals surface area contributed by atoms with E-state index in [-0.39, 0.29) is 0 Å². The topological polar surface area (TPSA) is 56.5 Å². The van der Waals surface area contributed by atoms with E-state index in [2.05, 4.69) is 38.0 Å². The molecule has 0 amide bonds. The van der Waals surface area contributed by atoms with Crippen molar-refractivity contribution >= 4 is 23.3 Å². The lowest BCUT2D eigenvalue weighted by molar-refractivity contribution is 0.627. The summed E-state index contributed by atoms with van der Waals surface area (Å²) in [6.45, 7) is 4.24. The SMILES string of the molecule is CC(C)c1nsc(Sc2nnc(C3CC3)n2C2CC2)n1. The van der Waals surface area contributed by atoms with Gasteiger partial charge in [0.2, 0.25) is 0 Å². The molecular weight excluding hydrogens is 290 g/mol. The third kappa shape index (κ3) is 2.37. The summed E-state index contributed by atoms with van der Waals surface area (Å²) in [5.74, 6) is 3.16. The van der Waals surface area contributed by atoms with Gasteiger partial charge in [-0.15, -0.1) is 10.2 Å². The van der Waals surface area contributed by atoms with Crippen molar-refractivity contribution in [2.24, 2.45) is 0 Å². The van der Waals surface area contributed by atoms with E-state index in [4.69, 9.17) is 0 Å². The van der Waals surface area contributed by atoms with Crippen molar-refractivity contribution < 1.29 is 0 Å². The average molecular weight is 307 g/mol. The van der Waals surface area contributed by atoms with Crippen LogP contribution in [0.5, 0.6) is 0 Å². The highest BCUT2D eigenvalue weighted by Gasteiger charge is 2.36. The van der Waals surface area contributed by atoms with Gasteiger partial charge in [-0.25, -0.2) is 4.98 Å². The Morgan fingerprint density at radius 3 is 2.60 bits per heavy atom. The first-order valence-corrected chi connectivity index (χ1v) is 8.77. The Morgan fingerprint density at radius 2 is 2.00 bits per heavy atom. The Hall–Kier alpha value is -0.950. The largest absolute Gasteiger partial charge is 0.302 e. The number of hydrogen-bond acceptors (Lipinski definition) is 6. The van der Waals surface area contributed by atoms with Gasteiger partial charge in [-0.05, 0) is 49.0 Å². The molecule has 0 aliphatic heterocycles. The first-order valence-electron chi connectivity index (χ1n) is 7.18. The van der Waals surface area contributed by atoms with Gasteiger partial charge < -0.3 is 4.57 Å². The molecule has 106 valence electrons. The lowest BCUT2D eigenvalue weighted by Gasteiger charge is -2.06. The molecule has 2 aromatic heterocycles. The maximum Gasteiger partial charge on any atom is 0.198 e. The van der Waals surface area contributed by atoms with E-state index in [1.807, 2.05) is 0 Å². The molecule has 20 heavy (non-hydrogen) atoms. The van der Waals surface area contributed by atoms with Gasteiger partial charge in [-0.3, -0.25) is 0 Å². The van der Waals surface area contributed by atoms with E-state index < -0.39 is 0 Å². The molecule has 7 heteroatoms. The van der Waals surface area contributed by atoms with Crippen LogP contribution in [-0.2, 0) is 0 Å². The van der Waals surface area contributed by atoms with Gasteiger partial charge in [-0.1, -0.05) is 13.8 Å². The van der Waals surface area contributed by atoms with Gasteiger partial charge in [-0.2, -0.15) is 4.37 Å². The van der Waals surface area contributed by atoms with Crippen LogP contribution in [0.1, 0.15) is 69.1 Å².